The van der Waals surface area contributed by atoms with Crippen LogP contribution >= 0.6 is 23.2 Å². The highest BCUT2D eigenvalue weighted by Gasteiger charge is 2.51. The normalized spacial score (nSPS) is 24.5. The van der Waals surface area contributed by atoms with Gasteiger partial charge in [0.05, 0.1) is 35.4 Å². The first-order valence-corrected chi connectivity index (χ1v) is 10.2. The quantitative estimate of drug-likeness (QED) is 0.373. The van der Waals surface area contributed by atoms with E-state index in [4.69, 9.17) is 37.4 Å². The molecule has 31 heavy (non-hydrogen) atoms. The van der Waals surface area contributed by atoms with Crippen molar-refractivity contribution >= 4 is 40.5 Å². The Balaban J connectivity index is 1.40. The minimum absolute atomic E-state index is 0.00425. The first-order chi connectivity index (χ1) is 14.9. The molecule has 0 saturated carbocycles. The van der Waals surface area contributed by atoms with Crippen LogP contribution < -0.4 is 5.32 Å². The molecule has 164 valence electrons. The number of benzene rings is 2. The number of carbonyl (C=O) groups is 1. The van der Waals surface area contributed by atoms with Crippen LogP contribution in [0.2, 0.25) is 10.0 Å². The summed E-state index contributed by atoms with van der Waals surface area (Å²) in [5, 5.41) is 13.8. The van der Waals surface area contributed by atoms with Crippen molar-refractivity contribution in [2.24, 2.45) is 0 Å². The summed E-state index contributed by atoms with van der Waals surface area (Å²) in [6.45, 7) is 0.0729. The van der Waals surface area contributed by atoms with E-state index in [1.165, 1.54) is 0 Å². The van der Waals surface area contributed by atoms with E-state index in [2.05, 4.69) is 10.2 Å². The number of fused-ring (bicyclic) bond motifs is 1. The molecular formula is C20H18Cl2N2O7. The molecular weight excluding hydrogens is 451 g/mol. The van der Waals surface area contributed by atoms with Crippen LogP contribution in [0.15, 0.2) is 42.5 Å². The molecule has 2 aliphatic rings. The van der Waals surface area contributed by atoms with Crippen LogP contribution in [-0.4, -0.2) is 48.7 Å². The lowest BCUT2D eigenvalue weighted by Gasteiger charge is -2.18. The van der Waals surface area contributed by atoms with E-state index in [1.54, 1.807) is 36.4 Å². The zero-order valence-corrected chi connectivity index (χ0v) is 17.5. The second-order valence-electron chi connectivity index (χ2n) is 7.05. The van der Waals surface area contributed by atoms with E-state index >= 15 is 0 Å². The number of para-hydroxylation sites is 2. The van der Waals surface area contributed by atoms with E-state index in [-0.39, 0.29) is 19.6 Å². The maximum Gasteiger partial charge on any atom is 0.310 e. The molecule has 4 rings (SSSR count). The van der Waals surface area contributed by atoms with Crippen molar-refractivity contribution in [3.8, 4) is 0 Å². The fourth-order valence-electron chi connectivity index (χ4n) is 3.65. The second-order valence-corrected chi connectivity index (χ2v) is 7.86. The Bertz CT molecular complexity index is 970. The molecule has 2 heterocycles. The van der Waals surface area contributed by atoms with E-state index < -0.39 is 35.5 Å². The van der Waals surface area contributed by atoms with Crippen LogP contribution in [0.5, 0.6) is 0 Å². The highest BCUT2D eigenvalue weighted by atomic mass is 35.5. The molecule has 0 unspecified atom stereocenters. The summed E-state index contributed by atoms with van der Waals surface area (Å²) in [5.74, 6) is -0.490. The number of carbonyl (C=O) groups excluding carboxylic acids is 1. The highest BCUT2D eigenvalue weighted by Crippen LogP contribution is 2.34. The number of esters is 1. The van der Waals surface area contributed by atoms with Crippen molar-refractivity contribution in [1.29, 1.82) is 0 Å². The molecule has 0 radical (unpaired) electrons. The second kappa shape index (κ2) is 9.27. The van der Waals surface area contributed by atoms with Gasteiger partial charge in [0.2, 0.25) is 0 Å². The van der Waals surface area contributed by atoms with E-state index in [9.17, 15) is 14.9 Å². The lowest BCUT2D eigenvalue weighted by Crippen LogP contribution is -2.36. The molecule has 4 atom stereocenters. The smallest absolute Gasteiger partial charge is 0.310 e. The zero-order chi connectivity index (χ0) is 22.0. The Kier molecular flexibility index (Phi) is 6.47. The molecule has 0 aromatic heterocycles. The van der Waals surface area contributed by atoms with Gasteiger partial charge >= 0.3 is 5.97 Å². The zero-order valence-electron chi connectivity index (χ0n) is 16.0. The van der Waals surface area contributed by atoms with E-state index in [0.29, 0.717) is 27.0 Å². The van der Waals surface area contributed by atoms with Gasteiger partial charge in [-0.15, -0.1) is 10.1 Å². The van der Waals surface area contributed by atoms with Crippen molar-refractivity contribution in [2.45, 2.75) is 30.8 Å². The van der Waals surface area contributed by atoms with Crippen LogP contribution in [0.3, 0.4) is 0 Å². The SMILES string of the molecule is O=C(Cc1ccccc1Nc1c(Cl)cccc1Cl)O[C@H]1CO[C@H]2[C@H]1OC[C@H]2O[N+](=O)[O-]. The monoisotopic (exact) mass is 468 g/mol. The number of halogens is 2. The average molecular weight is 469 g/mol. The van der Waals surface area contributed by atoms with Gasteiger partial charge in [-0.1, -0.05) is 47.5 Å². The van der Waals surface area contributed by atoms with E-state index in [0.717, 1.165) is 0 Å². The maximum absolute atomic E-state index is 12.6. The number of nitrogens with one attached hydrogen (secondary N) is 1. The largest absolute Gasteiger partial charge is 0.457 e. The van der Waals surface area contributed by atoms with Crippen LogP contribution in [0.4, 0.5) is 11.4 Å². The Hall–Kier alpha value is -2.59. The molecule has 9 nitrogen and oxygen atoms in total. The third-order valence-electron chi connectivity index (χ3n) is 5.04. The minimum Gasteiger partial charge on any atom is -0.457 e. The van der Waals surface area contributed by atoms with Gasteiger partial charge in [-0.2, -0.15) is 0 Å². The predicted octanol–water partition coefficient (Wildman–Crippen LogP) is 3.57. The molecule has 0 bridgehead atoms. The Morgan fingerprint density at radius 1 is 1.06 bits per heavy atom. The van der Waals surface area contributed by atoms with Crippen molar-refractivity contribution in [2.75, 3.05) is 18.5 Å². The molecule has 1 N–H and O–H groups in total. The van der Waals surface area contributed by atoms with Gasteiger partial charge in [-0.25, -0.2) is 0 Å². The van der Waals surface area contributed by atoms with Gasteiger partial charge in [-0.3, -0.25) is 4.79 Å². The molecule has 2 saturated heterocycles. The predicted molar refractivity (Wildman–Crippen MR) is 111 cm³/mol. The van der Waals surface area contributed by atoms with Crippen LogP contribution in [0.1, 0.15) is 5.56 Å². The highest BCUT2D eigenvalue weighted by molar-refractivity contribution is 6.39. The van der Waals surface area contributed by atoms with Crippen molar-refractivity contribution < 1.29 is 28.9 Å². The summed E-state index contributed by atoms with van der Waals surface area (Å²) < 4.78 is 16.6. The molecule has 11 heteroatoms. The minimum atomic E-state index is -0.881. The summed E-state index contributed by atoms with van der Waals surface area (Å²) in [6.07, 6.45) is -2.79. The summed E-state index contributed by atoms with van der Waals surface area (Å²) in [6, 6.07) is 12.4. The Morgan fingerprint density at radius 3 is 2.42 bits per heavy atom. The fourth-order valence-corrected chi connectivity index (χ4v) is 4.14. The standard InChI is InChI=1S/C20H18Cl2N2O7/c21-12-5-3-6-13(22)18(12)23-14-7-2-1-4-11(14)8-17(25)30-15-9-28-20-16(31-24(26)27)10-29-19(15)20/h1-7,15-16,19-20,23H,8-10H2/t15-,16+,19-,20+/m0/s1. The topological polar surface area (TPSA) is 109 Å². The van der Waals surface area contributed by atoms with Gasteiger partial charge in [0.1, 0.15) is 12.2 Å². The Morgan fingerprint density at radius 2 is 1.71 bits per heavy atom. The van der Waals surface area contributed by atoms with Crippen molar-refractivity contribution in [3.05, 3.63) is 68.2 Å². The first kappa shape index (κ1) is 21.6. The van der Waals surface area contributed by atoms with Gasteiger partial charge in [0.15, 0.2) is 12.2 Å². The number of anilines is 2. The van der Waals surface area contributed by atoms with Crippen molar-refractivity contribution in [3.63, 3.8) is 0 Å². The molecule has 0 amide bonds. The molecule has 2 aromatic rings. The van der Waals surface area contributed by atoms with Crippen LogP contribution in [0.25, 0.3) is 0 Å². The first-order valence-electron chi connectivity index (χ1n) is 9.45. The Labute approximate surface area is 187 Å². The number of nitrogens with zero attached hydrogens (tertiary/aromatic N) is 1. The fraction of sp³-hybridized carbons (Fsp3) is 0.350. The van der Waals surface area contributed by atoms with Gasteiger partial charge in [-0.05, 0) is 23.8 Å². The summed E-state index contributed by atoms with van der Waals surface area (Å²) >= 11 is 12.5. The third-order valence-corrected chi connectivity index (χ3v) is 5.67. The summed E-state index contributed by atoms with van der Waals surface area (Å²) in [5.41, 5.74) is 1.88. The molecule has 0 spiro atoms. The summed E-state index contributed by atoms with van der Waals surface area (Å²) in [7, 11) is 0. The average Bonchev–Trinajstić information content (AvgIpc) is 3.29. The summed E-state index contributed by atoms with van der Waals surface area (Å²) in [4.78, 5) is 27.7. The van der Waals surface area contributed by atoms with Crippen molar-refractivity contribution in [1.82, 2.24) is 0 Å². The lowest BCUT2D eigenvalue weighted by molar-refractivity contribution is -0.769. The molecule has 2 aromatic carbocycles. The number of rotatable bonds is 7. The van der Waals surface area contributed by atoms with Gasteiger partial charge in [0.25, 0.3) is 5.09 Å². The maximum atomic E-state index is 12.6. The van der Waals surface area contributed by atoms with Gasteiger partial charge < -0.3 is 24.4 Å². The van der Waals surface area contributed by atoms with E-state index in [1.807, 2.05) is 6.07 Å². The number of ether oxygens (including phenoxy) is 3. The number of hydrogen-bond donors (Lipinski definition) is 1. The van der Waals surface area contributed by atoms with Crippen LogP contribution in [-0.2, 0) is 30.3 Å². The number of hydrogen-bond acceptors (Lipinski definition) is 8. The third kappa shape index (κ3) is 4.85. The molecule has 2 aliphatic heterocycles. The lowest BCUT2D eigenvalue weighted by atomic mass is 10.1. The van der Waals surface area contributed by atoms with Gasteiger partial charge in [0, 0.05) is 5.69 Å². The molecule has 0 aliphatic carbocycles. The van der Waals surface area contributed by atoms with Crippen LogP contribution in [0, 0.1) is 10.1 Å². The molecule has 2 fully saturated rings.